The minimum Gasteiger partial charge on any atom is -0.490 e. The third-order valence-electron chi connectivity index (χ3n) is 4.28. The Morgan fingerprint density at radius 2 is 1.79 bits per heavy atom. The zero-order chi connectivity index (χ0) is 21.0. The molecule has 0 bridgehead atoms. The standard InChI is InChI=1S/C20H21F3N2O4/c1-3-27-16-6-5-13(9-17(16)28-4-2)19(26)25-11-15(12-25)29-18-10-14(7-8-24-18)20(21,22)23/h5-10,15H,3-4,11-12H2,1-2H3. The van der Waals surface area contributed by atoms with E-state index in [1.54, 1.807) is 23.1 Å². The molecule has 1 aromatic heterocycles. The van der Waals surface area contributed by atoms with Crippen LogP contribution in [0.3, 0.4) is 0 Å². The number of hydrogen-bond donors (Lipinski definition) is 0. The van der Waals surface area contributed by atoms with Crippen molar-refractivity contribution in [2.75, 3.05) is 26.3 Å². The number of halogens is 3. The molecule has 9 heteroatoms. The normalized spacial score (nSPS) is 14.3. The van der Waals surface area contributed by atoms with Gasteiger partial charge in [-0.05, 0) is 38.1 Å². The lowest BCUT2D eigenvalue weighted by atomic mass is 10.1. The van der Waals surface area contributed by atoms with Crippen molar-refractivity contribution in [2.45, 2.75) is 26.1 Å². The minimum absolute atomic E-state index is 0.114. The van der Waals surface area contributed by atoms with E-state index in [2.05, 4.69) is 4.98 Å². The molecule has 1 amide bonds. The fraction of sp³-hybridized carbons (Fsp3) is 0.400. The monoisotopic (exact) mass is 410 g/mol. The van der Waals surface area contributed by atoms with Crippen molar-refractivity contribution < 1.29 is 32.2 Å². The number of benzene rings is 1. The minimum atomic E-state index is -4.46. The fourth-order valence-corrected chi connectivity index (χ4v) is 2.87. The Morgan fingerprint density at radius 1 is 1.10 bits per heavy atom. The summed E-state index contributed by atoms with van der Waals surface area (Å²) in [5.41, 5.74) is -0.389. The number of hydrogen-bond acceptors (Lipinski definition) is 5. The molecular formula is C20H21F3N2O4. The average molecular weight is 410 g/mol. The van der Waals surface area contributed by atoms with E-state index in [0.29, 0.717) is 30.3 Å². The van der Waals surface area contributed by atoms with Crippen LogP contribution < -0.4 is 14.2 Å². The quantitative estimate of drug-likeness (QED) is 0.695. The molecule has 0 saturated carbocycles. The van der Waals surface area contributed by atoms with E-state index in [0.717, 1.165) is 18.3 Å². The van der Waals surface area contributed by atoms with Crippen molar-refractivity contribution in [3.8, 4) is 17.4 Å². The molecule has 3 rings (SSSR count). The summed E-state index contributed by atoms with van der Waals surface area (Å²) >= 11 is 0. The van der Waals surface area contributed by atoms with Gasteiger partial charge in [-0.3, -0.25) is 4.79 Å². The summed E-state index contributed by atoms with van der Waals surface area (Å²) in [6, 6.07) is 6.69. The molecule has 0 aliphatic carbocycles. The van der Waals surface area contributed by atoms with Gasteiger partial charge in [0.25, 0.3) is 5.91 Å². The van der Waals surface area contributed by atoms with Crippen LogP contribution in [0.1, 0.15) is 29.8 Å². The van der Waals surface area contributed by atoms with Gasteiger partial charge in [0.2, 0.25) is 5.88 Å². The predicted molar refractivity (Wildman–Crippen MR) is 98.3 cm³/mol. The molecule has 0 N–H and O–H groups in total. The van der Waals surface area contributed by atoms with Gasteiger partial charge in [0, 0.05) is 17.8 Å². The third kappa shape index (κ3) is 4.90. The zero-order valence-electron chi connectivity index (χ0n) is 16.0. The van der Waals surface area contributed by atoms with Crippen LogP contribution in [0.4, 0.5) is 13.2 Å². The maximum absolute atomic E-state index is 12.8. The van der Waals surface area contributed by atoms with Gasteiger partial charge >= 0.3 is 6.18 Å². The highest BCUT2D eigenvalue weighted by atomic mass is 19.4. The number of ether oxygens (including phenoxy) is 3. The summed E-state index contributed by atoms with van der Waals surface area (Å²) in [4.78, 5) is 18.0. The van der Waals surface area contributed by atoms with Gasteiger partial charge in [-0.1, -0.05) is 0 Å². The summed E-state index contributed by atoms with van der Waals surface area (Å²) < 4.78 is 54.8. The number of carbonyl (C=O) groups is 1. The third-order valence-corrected chi connectivity index (χ3v) is 4.28. The molecule has 1 fully saturated rings. The van der Waals surface area contributed by atoms with Crippen molar-refractivity contribution in [3.63, 3.8) is 0 Å². The lowest BCUT2D eigenvalue weighted by molar-refractivity contribution is -0.137. The van der Waals surface area contributed by atoms with E-state index in [1.807, 2.05) is 13.8 Å². The van der Waals surface area contributed by atoms with Crippen LogP contribution in [0.2, 0.25) is 0 Å². The molecule has 29 heavy (non-hydrogen) atoms. The molecule has 1 aromatic carbocycles. The SMILES string of the molecule is CCOc1ccc(C(=O)N2CC(Oc3cc(C(F)(F)F)ccn3)C2)cc1OCC. The lowest BCUT2D eigenvalue weighted by Gasteiger charge is -2.38. The first-order valence-electron chi connectivity index (χ1n) is 9.20. The molecule has 156 valence electrons. The Bertz CT molecular complexity index is 867. The summed E-state index contributed by atoms with van der Waals surface area (Å²) in [5, 5.41) is 0. The number of likely N-dealkylation sites (tertiary alicyclic amines) is 1. The van der Waals surface area contributed by atoms with Gasteiger partial charge in [-0.25, -0.2) is 4.98 Å². The number of pyridine rings is 1. The average Bonchev–Trinajstić information content (AvgIpc) is 2.65. The Balaban J connectivity index is 1.61. The Hall–Kier alpha value is -2.97. The molecule has 0 unspecified atom stereocenters. The maximum atomic E-state index is 12.8. The first-order valence-corrected chi connectivity index (χ1v) is 9.20. The first kappa shape index (κ1) is 20.8. The van der Waals surface area contributed by atoms with Gasteiger partial charge in [-0.15, -0.1) is 0 Å². The van der Waals surface area contributed by atoms with Gasteiger partial charge in [0.1, 0.15) is 6.10 Å². The van der Waals surface area contributed by atoms with Crippen LogP contribution in [-0.2, 0) is 6.18 Å². The summed E-state index contributed by atoms with van der Waals surface area (Å²) in [5.74, 6) is 0.718. The van der Waals surface area contributed by atoms with Crippen molar-refractivity contribution in [1.29, 1.82) is 0 Å². The van der Waals surface area contributed by atoms with Crippen LogP contribution in [-0.4, -0.2) is 48.2 Å². The lowest BCUT2D eigenvalue weighted by Crippen LogP contribution is -2.56. The first-order chi connectivity index (χ1) is 13.8. The highest BCUT2D eigenvalue weighted by Gasteiger charge is 2.35. The molecule has 6 nitrogen and oxygen atoms in total. The highest BCUT2D eigenvalue weighted by molar-refractivity contribution is 5.95. The van der Waals surface area contributed by atoms with Gasteiger partial charge in [0.05, 0.1) is 31.9 Å². The number of alkyl halides is 3. The number of rotatable bonds is 7. The van der Waals surface area contributed by atoms with E-state index >= 15 is 0 Å². The number of nitrogens with zero attached hydrogens (tertiary/aromatic N) is 2. The Morgan fingerprint density at radius 3 is 2.45 bits per heavy atom. The van der Waals surface area contributed by atoms with E-state index in [-0.39, 0.29) is 24.9 Å². The molecule has 1 aliphatic heterocycles. The number of amides is 1. The summed E-state index contributed by atoms with van der Waals surface area (Å²) in [6.07, 6.45) is -3.83. The Kier molecular flexibility index (Phi) is 6.14. The fourth-order valence-electron chi connectivity index (χ4n) is 2.87. The molecule has 0 atom stereocenters. The van der Waals surface area contributed by atoms with Crippen LogP contribution in [0, 0.1) is 0 Å². The maximum Gasteiger partial charge on any atom is 0.416 e. The Labute approximate surface area is 166 Å². The van der Waals surface area contributed by atoms with Crippen molar-refractivity contribution in [2.24, 2.45) is 0 Å². The van der Waals surface area contributed by atoms with Crippen molar-refractivity contribution in [1.82, 2.24) is 9.88 Å². The van der Waals surface area contributed by atoms with Gasteiger partial charge in [-0.2, -0.15) is 13.2 Å². The van der Waals surface area contributed by atoms with E-state index in [9.17, 15) is 18.0 Å². The second-order valence-electron chi connectivity index (χ2n) is 6.36. The molecule has 1 saturated heterocycles. The molecule has 2 heterocycles. The van der Waals surface area contributed by atoms with Crippen molar-refractivity contribution >= 4 is 5.91 Å². The number of carbonyl (C=O) groups excluding carboxylic acids is 1. The van der Waals surface area contributed by atoms with Crippen LogP contribution >= 0.6 is 0 Å². The predicted octanol–water partition coefficient (Wildman–Crippen LogP) is 3.80. The second-order valence-corrected chi connectivity index (χ2v) is 6.36. The topological polar surface area (TPSA) is 60.9 Å². The molecule has 0 radical (unpaired) electrons. The van der Waals surface area contributed by atoms with E-state index in [4.69, 9.17) is 14.2 Å². The second kappa shape index (κ2) is 8.59. The van der Waals surface area contributed by atoms with Crippen LogP contribution in [0.5, 0.6) is 17.4 Å². The summed E-state index contributed by atoms with van der Waals surface area (Å²) in [6.45, 7) is 5.11. The van der Waals surface area contributed by atoms with Gasteiger partial charge in [0.15, 0.2) is 11.5 Å². The van der Waals surface area contributed by atoms with Crippen molar-refractivity contribution in [3.05, 3.63) is 47.7 Å². The summed E-state index contributed by atoms with van der Waals surface area (Å²) in [7, 11) is 0. The molecule has 2 aromatic rings. The largest absolute Gasteiger partial charge is 0.490 e. The number of aromatic nitrogens is 1. The van der Waals surface area contributed by atoms with E-state index in [1.165, 1.54) is 0 Å². The van der Waals surface area contributed by atoms with E-state index < -0.39 is 17.8 Å². The molecule has 0 spiro atoms. The smallest absolute Gasteiger partial charge is 0.416 e. The zero-order valence-corrected chi connectivity index (χ0v) is 16.0. The highest BCUT2D eigenvalue weighted by Crippen LogP contribution is 2.32. The van der Waals surface area contributed by atoms with Gasteiger partial charge < -0.3 is 19.1 Å². The van der Waals surface area contributed by atoms with Crippen LogP contribution in [0.25, 0.3) is 0 Å². The molecular weight excluding hydrogens is 389 g/mol. The molecule has 1 aliphatic rings. The van der Waals surface area contributed by atoms with Crippen LogP contribution in [0.15, 0.2) is 36.5 Å².